The minimum Gasteiger partial charge on any atom is -0.325 e. The lowest BCUT2D eigenvalue weighted by molar-refractivity contribution is -0.118. The van der Waals surface area contributed by atoms with E-state index in [4.69, 9.17) is 5.26 Å². The van der Waals surface area contributed by atoms with Gasteiger partial charge in [-0.1, -0.05) is 19.1 Å². The van der Waals surface area contributed by atoms with Crippen LogP contribution >= 0.6 is 11.8 Å². The van der Waals surface area contributed by atoms with Gasteiger partial charge in [-0.3, -0.25) is 4.79 Å². The Hall–Kier alpha value is -2.26. The number of anilines is 1. The molecule has 114 valence electrons. The fraction of sp³-hybridized carbons (Fsp3) is 0.312. The van der Waals surface area contributed by atoms with E-state index >= 15 is 0 Å². The fourth-order valence-electron chi connectivity index (χ4n) is 1.93. The van der Waals surface area contributed by atoms with E-state index in [1.54, 1.807) is 35.0 Å². The zero-order valence-corrected chi connectivity index (χ0v) is 13.4. The second kappa shape index (κ2) is 7.66. The maximum atomic E-state index is 12.4. The molecule has 2 unspecified atom stereocenters. The summed E-state index contributed by atoms with van der Waals surface area (Å²) in [4.78, 5) is 17.3. The number of para-hydroxylation sites is 1. The number of nitrogens with zero attached hydrogens (tertiary/aromatic N) is 3. The first-order valence-electron chi connectivity index (χ1n) is 7.02. The highest BCUT2D eigenvalue weighted by Gasteiger charge is 2.16. The van der Waals surface area contributed by atoms with Crippen LogP contribution in [0.4, 0.5) is 5.69 Å². The van der Waals surface area contributed by atoms with Crippen molar-refractivity contribution in [3.8, 4) is 6.07 Å². The number of rotatable bonds is 6. The minimum atomic E-state index is -0.336. The highest BCUT2D eigenvalue weighted by Crippen LogP contribution is 2.31. The van der Waals surface area contributed by atoms with Gasteiger partial charge < -0.3 is 9.88 Å². The van der Waals surface area contributed by atoms with Crippen molar-refractivity contribution in [2.45, 2.75) is 36.5 Å². The van der Waals surface area contributed by atoms with Gasteiger partial charge in [-0.05, 0) is 19.1 Å². The summed E-state index contributed by atoms with van der Waals surface area (Å²) in [5.41, 5.74) is 0.772. The van der Waals surface area contributed by atoms with Gasteiger partial charge in [0.15, 0.2) is 0 Å². The highest BCUT2D eigenvalue weighted by atomic mass is 32.2. The van der Waals surface area contributed by atoms with Crippen LogP contribution in [0.3, 0.4) is 0 Å². The molecule has 5 nitrogen and oxygen atoms in total. The lowest BCUT2D eigenvalue weighted by Gasteiger charge is -2.16. The molecule has 0 saturated heterocycles. The molecule has 0 saturated carbocycles. The lowest BCUT2D eigenvalue weighted by Crippen LogP contribution is -2.23. The zero-order valence-electron chi connectivity index (χ0n) is 12.6. The number of nitriles is 1. The summed E-state index contributed by atoms with van der Waals surface area (Å²) in [5, 5.41) is 11.9. The first-order valence-corrected chi connectivity index (χ1v) is 7.90. The molecular weight excluding hydrogens is 296 g/mol. The molecule has 1 aromatic heterocycles. The van der Waals surface area contributed by atoms with Crippen molar-refractivity contribution >= 4 is 23.4 Å². The summed E-state index contributed by atoms with van der Waals surface area (Å²) < 4.78 is 1.75. The van der Waals surface area contributed by atoms with Gasteiger partial charge in [0, 0.05) is 29.0 Å². The van der Waals surface area contributed by atoms with Gasteiger partial charge in [-0.2, -0.15) is 5.26 Å². The molecule has 2 rings (SSSR count). The van der Waals surface area contributed by atoms with Crippen LogP contribution in [-0.2, 0) is 4.79 Å². The number of carbonyl (C=O) groups is 1. The second-order valence-electron chi connectivity index (χ2n) is 4.96. The van der Waals surface area contributed by atoms with Crippen molar-refractivity contribution in [2.75, 3.05) is 5.32 Å². The molecule has 0 aliphatic carbocycles. The van der Waals surface area contributed by atoms with E-state index in [1.807, 2.05) is 38.1 Å². The number of imidazole rings is 1. The van der Waals surface area contributed by atoms with E-state index in [1.165, 1.54) is 0 Å². The number of amides is 1. The third-order valence-corrected chi connectivity index (χ3v) is 4.38. The lowest BCUT2D eigenvalue weighted by atomic mass is 10.2. The number of thioether (sulfide) groups is 1. The van der Waals surface area contributed by atoms with E-state index < -0.39 is 0 Å². The maximum absolute atomic E-state index is 12.4. The molecular formula is C16H18N4OS. The van der Waals surface area contributed by atoms with Crippen molar-refractivity contribution in [1.82, 2.24) is 9.55 Å². The van der Waals surface area contributed by atoms with Crippen LogP contribution in [0.5, 0.6) is 0 Å². The van der Waals surface area contributed by atoms with E-state index in [-0.39, 0.29) is 17.2 Å². The van der Waals surface area contributed by atoms with Crippen LogP contribution in [-0.4, -0.2) is 20.7 Å². The number of benzene rings is 1. The summed E-state index contributed by atoms with van der Waals surface area (Å²) >= 11 is 1.59. The fourth-order valence-corrected chi connectivity index (χ4v) is 2.93. The topological polar surface area (TPSA) is 70.7 Å². The molecule has 6 heteroatoms. The van der Waals surface area contributed by atoms with Gasteiger partial charge in [0.25, 0.3) is 0 Å². The monoisotopic (exact) mass is 314 g/mol. The summed E-state index contributed by atoms with van der Waals surface area (Å²) in [6.07, 6.45) is 5.51. The Morgan fingerprint density at radius 1 is 1.45 bits per heavy atom. The first-order chi connectivity index (χ1) is 10.6. The van der Waals surface area contributed by atoms with Crippen molar-refractivity contribution < 1.29 is 4.79 Å². The molecule has 0 spiro atoms. The molecule has 0 aliphatic heterocycles. The summed E-state index contributed by atoms with van der Waals surface area (Å²) in [5.74, 6) is -0.0982. The minimum absolute atomic E-state index is 0.0982. The molecule has 22 heavy (non-hydrogen) atoms. The molecule has 0 aliphatic rings. The van der Waals surface area contributed by atoms with E-state index in [2.05, 4.69) is 16.4 Å². The number of nitrogens with one attached hydrogen (secondary N) is 1. The van der Waals surface area contributed by atoms with E-state index in [0.29, 0.717) is 6.42 Å². The van der Waals surface area contributed by atoms with Gasteiger partial charge in [-0.25, -0.2) is 4.98 Å². The van der Waals surface area contributed by atoms with E-state index in [0.717, 1.165) is 10.6 Å². The van der Waals surface area contributed by atoms with Crippen molar-refractivity contribution in [1.29, 1.82) is 5.26 Å². The van der Waals surface area contributed by atoms with Gasteiger partial charge >= 0.3 is 0 Å². The van der Waals surface area contributed by atoms with Crippen LogP contribution in [0.2, 0.25) is 0 Å². The molecule has 1 heterocycles. The largest absolute Gasteiger partial charge is 0.325 e. The smallest absolute Gasteiger partial charge is 0.247 e. The average molecular weight is 314 g/mol. The number of aromatic nitrogens is 2. The normalized spacial score (nSPS) is 13.1. The predicted octanol–water partition coefficient (Wildman–Crippen LogP) is 3.48. The zero-order chi connectivity index (χ0) is 15.9. The second-order valence-corrected chi connectivity index (χ2v) is 6.44. The average Bonchev–Trinajstić information content (AvgIpc) is 3.03. The first kappa shape index (κ1) is 16.1. The van der Waals surface area contributed by atoms with Gasteiger partial charge in [-0.15, -0.1) is 11.8 Å². The Balaban J connectivity index is 2.09. The summed E-state index contributed by atoms with van der Waals surface area (Å²) in [6, 6.07) is 9.47. The van der Waals surface area contributed by atoms with Crippen molar-refractivity contribution in [3.05, 3.63) is 43.0 Å². The predicted molar refractivity (Wildman–Crippen MR) is 87.6 cm³/mol. The number of carbonyl (C=O) groups excluding carboxylic acids is 1. The molecule has 0 fully saturated rings. The Morgan fingerprint density at radius 3 is 2.91 bits per heavy atom. The molecule has 0 bridgehead atoms. The van der Waals surface area contributed by atoms with E-state index in [9.17, 15) is 4.79 Å². The van der Waals surface area contributed by atoms with Gasteiger partial charge in [0.05, 0.1) is 18.1 Å². The summed E-state index contributed by atoms with van der Waals surface area (Å²) in [6.45, 7) is 3.83. The molecule has 1 aromatic carbocycles. The molecule has 0 radical (unpaired) electrons. The Bertz CT molecular complexity index is 663. The maximum Gasteiger partial charge on any atom is 0.247 e. The molecule has 2 aromatic rings. The molecule has 1 N–H and O–H groups in total. The summed E-state index contributed by atoms with van der Waals surface area (Å²) in [7, 11) is 0. The van der Waals surface area contributed by atoms with Crippen LogP contribution in [0.15, 0.2) is 47.9 Å². The number of hydrogen-bond acceptors (Lipinski definition) is 4. The number of hydrogen-bond donors (Lipinski definition) is 1. The standard InChI is InChI=1S/C16H18N4OS/c1-12(7-8-17)22-15-6-4-3-5-14(15)19-16(21)13(2)20-10-9-18-11-20/h3-6,9-13H,7H2,1-2H3,(H,19,21). The third kappa shape index (κ3) is 4.12. The Morgan fingerprint density at radius 2 is 2.23 bits per heavy atom. The van der Waals surface area contributed by atoms with Gasteiger partial charge in [0.1, 0.15) is 6.04 Å². The quantitative estimate of drug-likeness (QED) is 0.829. The highest BCUT2D eigenvalue weighted by molar-refractivity contribution is 8.00. The SMILES string of the molecule is CC(CC#N)Sc1ccccc1NC(=O)C(C)n1ccnc1. The van der Waals surface area contributed by atoms with Crippen LogP contribution in [0.1, 0.15) is 26.3 Å². The van der Waals surface area contributed by atoms with Crippen molar-refractivity contribution in [2.24, 2.45) is 0 Å². The van der Waals surface area contributed by atoms with Crippen LogP contribution in [0, 0.1) is 11.3 Å². The molecule has 2 atom stereocenters. The third-order valence-electron chi connectivity index (χ3n) is 3.20. The Kier molecular flexibility index (Phi) is 5.61. The van der Waals surface area contributed by atoms with Gasteiger partial charge in [0.2, 0.25) is 5.91 Å². The molecule has 1 amide bonds. The Labute approximate surface area is 134 Å². The van der Waals surface area contributed by atoms with Crippen LogP contribution in [0.25, 0.3) is 0 Å². The van der Waals surface area contributed by atoms with Crippen LogP contribution < -0.4 is 5.32 Å². The van der Waals surface area contributed by atoms with Crippen molar-refractivity contribution in [3.63, 3.8) is 0 Å².